The Kier molecular flexibility index (Phi) is 7.93. The second kappa shape index (κ2) is 11.5. The van der Waals surface area contributed by atoms with E-state index in [4.69, 9.17) is 19.9 Å². The van der Waals surface area contributed by atoms with E-state index in [-0.39, 0.29) is 29.8 Å². The lowest BCUT2D eigenvalue weighted by molar-refractivity contribution is -0.131. The van der Waals surface area contributed by atoms with Gasteiger partial charge >= 0.3 is 0 Å². The van der Waals surface area contributed by atoms with E-state index in [1.807, 2.05) is 55.5 Å². The molecule has 4 heterocycles. The molecule has 11 heteroatoms. The van der Waals surface area contributed by atoms with Crippen molar-refractivity contribution in [2.75, 3.05) is 19.0 Å². The Hall–Kier alpha value is -3.15. The number of carbonyl (C=O) groups is 1. The number of nitrogens with zero attached hydrogens (tertiary/aromatic N) is 6. The molecule has 4 aromatic rings. The van der Waals surface area contributed by atoms with E-state index in [0.29, 0.717) is 19.0 Å². The predicted molar refractivity (Wildman–Crippen MR) is 163 cm³/mol. The van der Waals surface area contributed by atoms with E-state index in [2.05, 4.69) is 16.4 Å². The third kappa shape index (κ3) is 5.49. The minimum absolute atomic E-state index is 0.0593. The lowest BCUT2D eigenvalue weighted by atomic mass is 9.80. The first-order chi connectivity index (χ1) is 20.1. The molecular formula is C31H41N7O3S. The number of aliphatic hydroxyl groups is 1. The van der Waals surface area contributed by atoms with Crippen molar-refractivity contribution in [1.29, 1.82) is 0 Å². The summed E-state index contributed by atoms with van der Waals surface area (Å²) < 4.78 is 9.08. The van der Waals surface area contributed by atoms with Crippen molar-refractivity contribution >= 4 is 28.6 Å². The first kappa shape index (κ1) is 28.9. The zero-order valence-electron chi connectivity index (χ0n) is 25.1. The number of anilines is 1. The van der Waals surface area contributed by atoms with Gasteiger partial charge in [-0.05, 0) is 72.3 Å². The fourth-order valence-electron chi connectivity index (χ4n) is 6.60. The van der Waals surface area contributed by atoms with Crippen molar-refractivity contribution in [3.05, 3.63) is 45.9 Å². The molecule has 0 spiro atoms. The van der Waals surface area contributed by atoms with E-state index in [1.54, 1.807) is 18.4 Å². The zero-order valence-corrected chi connectivity index (χ0v) is 25.9. The highest BCUT2D eigenvalue weighted by Gasteiger charge is 2.38. The van der Waals surface area contributed by atoms with Crippen LogP contribution < -0.4 is 5.32 Å². The SMILES string of the molecule is COC[C@H](C)Nc1ncc2c(-c3cnn(C(C)(C)C(=O)C4CCc5sc(C)nc5C4)c3)cc(C3CCC(O)CC3)n2n1. The molecule has 42 heavy (non-hydrogen) atoms. The second-order valence-electron chi connectivity index (χ2n) is 12.5. The molecule has 0 saturated heterocycles. The summed E-state index contributed by atoms with van der Waals surface area (Å²) in [7, 11) is 1.68. The number of hydrogen-bond donors (Lipinski definition) is 2. The number of ketones is 1. The molecule has 2 aliphatic carbocycles. The maximum atomic E-state index is 13.9. The van der Waals surface area contributed by atoms with Gasteiger partial charge in [-0.25, -0.2) is 14.5 Å². The molecular weight excluding hydrogens is 550 g/mol. The van der Waals surface area contributed by atoms with E-state index in [9.17, 15) is 9.90 Å². The largest absolute Gasteiger partial charge is 0.393 e. The third-order valence-corrected chi connectivity index (χ3v) is 10.0. The van der Waals surface area contributed by atoms with Crippen LogP contribution in [-0.2, 0) is 27.9 Å². The molecule has 0 aromatic carbocycles. The number of Topliss-reactive ketones (excluding diaryl/α,β-unsaturated/α-hetero) is 1. The standard InChI is InChI=1S/C31H41N7O3S/c1-18(17-41-5)34-30-32-15-27-24(13-26(38(27)36-30)20-6-9-23(39)10-7-20)22-14-33-37(16-22)31(3,4)29(40)21-8-11-28-25(12-21)35-19(2)42-28/h13-16,18,20-21,23,39H,6-12,17H2,1-5H3,(H,34,36)/t18-,20?,21?,23?/m0/s1. The number of nitrogens with one attached hydrogen (secondary N) is 1. The molecule has 4 aromatic heterocycles. The zero-order chi connectivity index (χ0) is 29.6. The van der Waals surface area contributed by atoms with Crippen molar-refractivity contribution in [3.63, 3.8) is 0 Å². The van der Waals surface area contributed by atoms with Crippen LogP contribution in [0.25, 0.3) is 16.6 Å². The van der Waals surface area contributed by atoms with Gasteiger partial charge < -0.3 is 15.2 Å². The van der Waals surface area contributed by atoms with Gasteiger partial charge in [0.25, 0.3) is 0 Å². The van der Waals surface area contributed by atoms with Crippen LogP contribution in [0.2, 0.25) is 0 Å². The number of hydrogen-bond acceptors (Lipinski definition) is 9. The molecule has 10 nitrogen and oxygen atoms in total. The van der Waals surface area contributed by atoms with Gasteiger partial charge in [-0.2, -0.15) is 5.10 Å². The topological polar surface area (TPSA) is 119 Å². The highest BCUT2D eigenvalue weighted by Crippen LogP contribution is 2.39. The van der Waals surface area contributed by atoms with Gasteiger partial charge in [0, 0.05) is 59.3 Å². The van der Waals surface area contributed by atoms with E-state index < -0.39 is 5.54 Å². The minimum atomic E-state index is -0.797. The van der Waals surface area contributed by atoms with Gasteiger partial charge in [0.05, 0.1) is 41.3 Å². The molecule has 1 unspecified atom stereocenters. The highest BCUT2D eigenvalue weighted by molar-refractivity contribution is 7.11. The molecule has 1 fully saturated rings. The Morgan fingerprint density at radius 2 is 2.02 bits per heavy atom. The van der Waals surface area contributed by atoms with Crippen LogP contribution >= 0.6 is 11.3 Å². The quantitative estimate of drug-likeness (QED) is 0.281. The van der Waals surface area contributed by atoms with Crippen molar-refractivity contribution < 1.29 is 14.6 Å². The Balaban J connectivity index is 1.31. The van der Waals surface area contributed by atoms with Crippen LogP contribution in [0.1, 0.15) is 80.1 Å². The van der Waals surface area contributed by atoms with Crippen molar-refractivity contribution in [2.24, 2.45) is 5.92 Å². The average Bonchev–Trinajstić information content (AvgIpc) is 3.69. The summed E-state index contributed by atoms with van der Waals surface area (Å²) in [6.45, 7) is 8.54. The van der Waals surface area contributed by atoms with Gasteiger partial charge in [0.15, 0.2) is 5.78 Å². The first-order valence-electron chi connectivity index (χ1n) is 15.0. The van der Waals surface area contributed by atoms with E-state index in [1.165, 1.54) is 4.88 Å². The van der Waals surface area contributed by atoms with Crippen LogP contribution in [0.15, 0.2) is 24.7 Å². The molecule has 2 atom stereocenters. The molecule has 6 rings (SSSR count). The Bertz CT molecular complexity index is 1580. The van der Waals surface area contributed by atoms with Crippen molar-refractivity contribution in [3.8, 4) is 11.1 Å². The molecule has 0 radical (unpaired) electrons. The van der Waals surface area contributed by atoms with Crippen LogP contribution in [0, 0.1) is 12.8 Å². The maximum absolute atomic E-state index is 13.9. The van der Waals surface area contributed by atoms with Crippen molar-refractivity contribution in [2.45, 2.75) is 96.2 Å². The second-order valence-corrected chi connectivity index (χ2v) is 13.8. The summed E-state index contributed by atoms with van der Waals surface area (Å²) in [5, 5.41) is 24.1. The number of aryl methyl sites for hydroxylation is 2. The summed E-state index contributed by atoms with van der Waals surface area (Å²) in [6.07, 6.45) is 11.3. The van der Waals surface area contributed by atoms with Gasteiger partial charge in [-0.1, -0.05) is 0 Å². The number of methoxy groups -OCH3 is 1. The normalized spacial score (nSPS) is 21.8. The van der Waals surface area contributed by atoms with Gasteiger partial charge in [0.2, 0.25) is 5.95 Å². The number of ether oxygens (including phenoxy) is 1. The lowest BCUT2D eigenvalue weighted by Crippen LogP contribution is -2.42. The summed E-state index contributed by atoms with van der Waals surface area (Å²) in [6, 6.07) is 2.25. The molecule has 0 aliphatic heterocycles. The fraction of sp³-hybridized carbons (Fsp3) is 0.581. The lowest BCUT2D eigenvalue weighted by Gasteiger charge is -2.30. The average molecular weight is 592 g/mol. The number of aliphatic hydroxyl groups excluding tert-OH is 1. The van der Waals surface area contributed by atoms with Crippen LogP contribution in [0.5, 0.6) is 0 Å². The molecule has 224 valence electrons. The summed E-state index contributed by atoms with van der Waals surface area (Å²) in [4.78, 5) is 24.5. The van der Waals surface area contributed by atoms with Gasteiger partial charge in [-0.3, -0.25) is 9.48 Å². The number of carbonyl (C=O) groups excluding carboxylic acids is 1. The first-order valence-corrected chi connectivity index (χ1v) is 15.8. The van der Waals surface area contributed by atoms with Crippen LogP contribution in [0.4, 0.5) is 5.95 Å². The third-order valence-electron chi connectivity index (χ3n) is 8.94. The number of thiazole rings is 1. The number of rotatable bonds is 9. The Labute approximate surface area is 250 Å². The predicted octanol–water partition coefficient (Wildman–Crippen LogP) is 4.93. The molecule has 1 saturated carbocycles. The Morgan fingerprint density at radius 3 is 2.79 bits per heavy atom. The molecule has 2 aliphatic rings. The highest BCUT2D eigenvalue weighted by atomic mass is 32.1. The minimum Gasteiger partial charge on any atom is -0.393 e. The number of fused-ring (bicyclic) bond motifs is 2. The smallest absolute Gasteiger partial charge is 0.241 e. The summed E-state index contributed by atoms with van der Waals surface area (Å²) >= 11 is 1.75. The van der Waals surface area contributed by atoms with Crippen LogP contribution in [0.3, 0.4) is 0 Å². The summed E-state index contributed by atoms with van der Waals surface area (Å²) in [5.41, 5.74) is 4.21. The van der Waals surface area contributed by atoms with Gasteiger partial charge in [0.1, 0.15) is 5.54 Å². The monoisotopic (exact) mass is 591 g/mol. The Morgan fingerprint density at radius 1 is 1.24 bits per heavy atom. The maximum Gasteiger partial charge on any atom is 0.241 e. The van der Waals surface area contributed by atoms with E-state index >= 15 is 0 Å². The van der Waals surface area contributed by atoms with E-state index in [0.717, 1.165) is 71.6 Å². The molecule has 2 N–H and O–H groups in total. The molecule has 0 amide bonds. The molecule has 0 bridgehead atoms. The fourth-order valence-corrected chi connectivity index (χ4v) is 7.58. The van der Waals surface area contributed by atoms with Crippen molar-refractivity contribution in [1.82, 2.24) is 29.4 Å². The number of aromatic nitrogens is 6. The van der Waals surface area contributed by atoms with Gasteiger partial charge in [-0.15, -0.1) is 16.4 Å². The summed E-state index contributed by atoms with van der Waals surface area (Å²) in [5.74, 6) is 0.956. The van der Waals surface area contributed by atoms with Crippen LogP contribution in [-0.4, -0.2) is 66.1 Å².